The summed E-state index contributed by atoms with van der Waals surface area (Å²) in [6.45, 7) is 0.303. The molecule has 0 spiro atoms. The summed E-state index contributed by atoms with van der Waals surface area (Å²) in [7, 11) is 0. The van der Waals surface area contributed by atoms with Crippen LogP contribution in [0.4, 0.5) is 5.69 Å². The Labute approximate surface area is 82.0 Å². The second kappa shape index (κ2) is 5.16. The van der Waals surface area contributed by atoms with Gasteiger partial charge in [0.15, 0.2) is 0 Å². The molecule has 13 heavy (non-hydrogen) atoms. The lowest BCUT2D eigenvalue weighted by molar-refractivity contribution is 1.30. The Morgan fingerprint density at radius 3 is 2.62 bits per heavy atom. The molecular weight excluding hydrogens is 184 g/mol. The van der Waals surface area contributed by atoms with Crippen molar-refractivity contribution in [3.63, 3.8) is 0 Å². The van der Waals surface area contributed by atoms with Gasteiger partial charge in [-0.25, -0.2) is 4.99 Å². The Bertz CT molecular complexity index is 367. The van der Waals surface area contributed by atoms with Gasteiger partial charge >= 0.3 is 0 Å². The topological polar surface area (TPSA) is 24.7 Å². The fraction of sp³-hybridized carbons (Fsp3) is 0.100. The van der Waals surface area contributed by atoms with Crippen molar-refractivity contribution < 1.29 is 0 Å². The van der Waals surface area contributed by atoms with Gasteiger partial charge in [-0.15, -0.1) is 6.42 Å². The summed E-state index contributed by atoms with van der Waals surface area (Å²) in [4.78, 5) is 7.64. The molecule has 0 bridgehead atoms. The lowest BCUT2D eigenvalue weighted by Crippen LogP contribution is -1.68. The third kappa shape index (κ3) is 3.57. The van der Waals surface area contributed by atoms with Crippen LogP contribution in [0.3, 0.4) is 0 Å². The molecule has 0 amide bonds. The monoisotopic (exact) mass is 190 g/mol. The summed E-state index contributed by atoms with van der Waals surface area (Å²) in [6, 6.07) is 9.55. The van der Waals surface area contributed by atoms with E-state index in [1.54, 1.807) is 24.3 Å². The average molecular weight is 191 g/mol. The van der Waals surface area contributed by atoms with Crippen molar-refractivity contribution in [2.75, 3.05) is 6.54 Å². The summed E-state index contributed by atoms with van der Waals surface area (Å²) in [5.41, 5.74) is 0.755. The lowest BCUT2D eigenvalue weighted by Gasteiger charge is -1.89. The number of halogens is 1. The minimum absolute atomic E-state index is 0.303. The van der Waals surface area contributed by atoms with Gasteiger partial charge in [0.2, 0.25) is 0 Å². The molecule has 0 aliphatic heterocycles. The smallest absolute Gasteiger partial charge is 0.110 e. The molecule has 0 saturated heterocycles. The molecule has 0 fully saturated rings. The Balaban J connectivity index is 2.70. The molecule has 0 aromatic heterocycles. The van der Waals surface area contributed by atoms with Gasteiger partial charge in [-0.2, -0.15) is 4.99 Å². The lowest BCUT2D eigenvalue weighted by atomic mass is 10.3. The molecule has 0 aliphatic carbocycles. The van der Waals surface area contributed by atoms with E-state index in [9.17, 15) is 0 Å². The van der Waals surface area contributed by atoms with Gasteiger partial charge in [0.25, 0.3) is 0 Å². The van der Waals surface area contributed by atoms with E-state index < -0.39 is 0 Å². The summed E-state index contributed by atoms with van der Waals surface area (Å²) >= 11 is 5.68. The molecule has 64 valence electrons. The predicted molar refractivity (Wildman–Crippen MR) is 54.7 cm³/mol. The highest BCUT2D eigenvalue weighted by Gasteiger charge is 1.86. The second-order valence-electron chi connectivity index (χ2n) is 2.21. The molecule has 1 rings (SSSR count). The third-order valence-corrected chi connectivity index (χ3v) is 1.50. The first-order valence-corrected chi connectivity index (χ1v) is 4.02. The van der Waals surface area contributed by atoms with Crippen molar-refractivity contribution in [1.82, 2.24) is 0 Å². The van der Waals surface area contributed by atoms with E-state index in [2.05, 4.69) is 21.9 Å². The summed E-state index contributed by atoms with van der Waals surface area (Å²) in [5, 5.41) is 0.680. The minimum atomic E-state index is 0.303. The zero-order valence-corrected chi connectivity index (χ0v) is 7.62. The van der Waals surface area contributed by atoms with Crippen molar-refractivity contribution in [2.45, 2.75) is 0 Å². The Hall–Kier alpha value is -1.55. The molecule has 0 N–H and O–H groups in total. The Morgan fingerprint density at radius 1 is 1.31 bits per heavy atom. The first-order valence-electron chi connectivity index (χ1n) is 3.64. The van der Waals surface area contributed by atoms with E-state index in [0.29, 0.717) is 11.6 Å². The minimum Gasteiger partial charge on any atom is -0.212 e. The van der Waals surface area contributed by atoms with Gasteiger partial charge < -0.3 is 0 Å². The van der Waals surface area contributed by atoms with E-state index >= 15 is 0 Å². The summed E-state index contributed by atoms with van der Waals surface area (Å²) < 4.78 is 0. The third-order valence-electron chi connectivity index (χ3n) is 1.25. The van der Waals surface area contributed by atoms with Crippen molar-refractivity contribution in [3.05, 3.63) is 29.3 Å². The van der Waals surface area contributed by atoms with Crippen LogP contribution in [0.25, 0.3) is 0 Å². The van der Waals surface area contributed by atoms with Gasteiger partial charge in [0.05, 0.1) is 11.7 Å². The van der Waals surface area contributed by atoms with Gasteiger partial charge in [-0.05, 0) is 24.3 Å². The predicted octanol–water partition coefficient (Wildman–Crippen LogP) is 2.78. The van der Waals surface area contributed by atoms with Gasteiger partial charge in [-0.1, -0.05) is 17.5 Å². The molecule has 3 heteroatoms. The number of aliphatic imine (C=N–C) groups is 2. The largest absolute Gasteiger partial charge is 0.212 e. The number of rotatable bonds is 2. The maximum Gasteiger partial charge on any atom is 0.110 e. The normalized spacial score (nSPS) is 8.31. The van der Waals surface area contributed by atoms with E-state index in [1.807, 2.05) is 0 Å². The highest BCUT2D eigenvalue weighted by Crippen LogP contribution is 2.14. The van der Waals surface area contributed by atoms with Crippen molar-refractivity contribution in [3.8, 4) is 12.3 Å². The molecule has 0 radical (unpaired) electrons. The number of nitrogens with zero attached hydrogens (tertiary/aromatic N) is 2. The molecule has 2 nitrogen and oxygen atoms in total. The Morgan fingerprint density at radius 2 is 2.00 bits per heavy atom. The van der Waals surface area contributed by atoms with Crippen LogP contribution in [-0.4, -0.2) is 12.6 Å². The van der Waals surface area contributed by atoms with Crippen LogP contribution in [0.5, 0.6) is 0 Å². The standard InChI is InChI=1S/C10H7ClN2/c1-2-7-12-8-13-10-5-3-9(11)4-6-10/h1,3-6H,7H2. The maximum atomic E-state index is 5.68. The van der Waals surface area contributed by atoms with Gasteiger partial charge in [0.1, 0.15) is 6.54 Å². The summed E-state index contributed by atoms with van der Waals surface area (Å²) in [6.07, 6.45) is 4.98. The van der Waals surface area contributed by atoms with Crippen LogP contribution in [0.1, 0.15) is 0 Å². The molecule has 0 heterocycles. The van der Waals surface area contributed by atoms with Crippen molar-refractivity contribution >= 4 is 23.3 Å². The van der Waals surface area contributed by atoms with Crippen LogP contribution in [0.2, 0.25) is 5.02 Å². The molecular formula is C10H7ClN2. The number of hydrogen-bond donors (Lipinski definition) is 0. The SMILES string of the molecule is C#CCN=C=Nc1ccc(Cl)cc1. The van der Waals surface area contributed by atoms with Crippen molar-refractivity contribution in [2.24, 2.45) is 9.98 Å². The zero-order valence-electron chi connectivity index (χ0n) is 6.87. The van der Waals surface area contributed by atoms with E-state index in [4.69, 9.17) is 18.0 Å². The molecule has 0 atom stereocenters. The van der Waals surface area contributed by atoms with Crippen LogP contribution >= 0.6 is 11.6 Å². The molecule has 0 unspecified atom stereocenters. The first kappa shape index (κ1) is 9.54. The van der Waals surface area contributed by atoms with Crippen LogP contribution in [0, 0.1) is 12.3 Å². The molecule has 0 aliphatic rings. The molecule has 1 aromatic rings. The first-order chi connectivity index (χ1) is 6.33. The quantitative estimate of drug-likeness (QED) is 0.506. The fourth-order valence-corrected chi connectivity index (χ4v) is 0.816. The summed E-state index contributed by atoms with van der Waals surface area (Å²) in [5.74, 6) is 2.35. The van der Waals surface area contributed by atoms with Crippen LogP contribution < -0.4 is 0 Å². The van der Waals surface area contributed by atoms with Crippen LogP contribution in [0.15, 0.2) is 34.3 Å². The van der Waals surface area contributed by atoms with Gasteiger partial charge in [-0.3, -0.25) is 0 Å². The Kier molecular flexibility index (Phi) is 3.78. The van der Waals surface area contributed by atoms with E-state index in [-0.39, 0.29) is 0 Å². The highest BCUT2D eigenvalue weighted by molar-refractivity contribution is 6.30. The average Bonchev–Trinajstić information content (AvgIpc) is 2.15. The van der Waals surface area contributed by atoms with Crippen LogP contribution in [-0.2, 0) is 0 Å². The molecule has 0 saturated carbocycles. The second-order valence-corrected chi connectivity index (χ2v) is 2.65. The zero-order chi connectivity index (χ0) is 9.52. The number of hydrogen-bond acceptors (Lipinski definition) is 2. The van der Waals surface area contributed by atoms with Gasteiger partial charge in [0, 0.05) is 5.02 Å². The van der Waals surface area contributed by atoms with E-state index in [1.165, 1.54) is 0 Å². The molecule has 1 aromatic carbocycles. The van der Waals surface area contributed by atoms with E-state index in [0.717, 1.165) is 5.69 Å². The number of terminal acetylenes is 1. The number of benzene rings is 1. The highest BCUT2D eigenvalue weighted by atomic mass is 35.5. The fourth-order valence-electron chi connectivity index (χ4n) is 0.690. The van der Waals surface area contributed by atoms with Crippen molar-refractivity contribution in [1.29, 1.82) is 0 Å². The maximum absolute atomic E-state index is 5.68.